The summed E-state index contributed by atoms with van der Waals surface area (Å²) in [4.78, 5) is 0. The Labute approximate surface area is 74.6 Å². The Morgan fingerprint density at radius 2 is 2.10 bits per heavy atom. The van der Waals surface area contributed by atoms with E-state index in [-0.39, 0.29) is 5.16 Å². The molecule has 0 aromatic heterocycles. The molecular weight excluding hydrogens is 194 g/mol. The Hall–Kier alpha value is 0.110. The van der Waals surface area contributed by atoms with Crippen LogP contribution in [0.1, 0.15) is 0 Å². The molecule has 0 bridgehead atoms. The third kappa shape index (κ3) is 6.23. The van der Waals surface area contributed by atoms with Gasteiger partial charge in [-0.05, 0) is 6.08 Å². The Balaban J connectivity index is 3.83. The minimum atomic E-state index is -0.709. The zero-order chi connectivity index (χ0) is 8.15. The van der Waals surface area contributed by atoms with Crippen LogP contribution < -0.4 is 11.1 Å². The zero-order valence-corrected chi connectivity index (χ0v) is 7.34. The molecule has 0 rings (SSSR count). The van der Waals surface area contributed by atoms with Gasteiger partial charge >= 0.3 is 0 Å². The summed E-state index contributed by atoms with van der Waals surface area (Å²) in [5.41, 5.74) is 4.42. The van der Waals surface area contributed by atoms with Crippen LogP contribution in [0.25, 0.3) is 0 Å². The molecule has 0 amide bonds. The summed E-state index contributed by atoms with van der Waals surface area (Å²) in [6.07, 6.45) is 1.41. The molecule has 0 saturated heterocycles. The lowest BCUT2D eigenvalue weighted by atomic mass is 10.6. The fourth-order valence-electron chi connectivity index (χ4n) is 0.311. The van der Waals surface area contributed by atoms with Crippen LogP contribution in [0.15, 0.2) is 22.8 Å². The van der Waals surface area contributed by atoms with Crippen molar-refractivity contribution in [2.24, 2.45) is 5.73 Å². The molecule has 0 saturated carbocycles. The van der Waals surface area contributed by atoms with Gasteiger partial charge in [-0.3, -0.25) is 5.73 Å². The maximum atomic E-state index is 5.51. The average molecular weight is 201 g/mol. The molecule has 58 valence electrons. The molecular formula is C5H7Cl3N2. The molecule has 0 fully saturated rings. The molecule has 0 spiro atoms. The SMILES string of the molecule is C=C(Cl)/C=C(/Cl)NC(N)Cl. The van der Waals surface area contributed by atoms with Crippen molar-refractivity contribution >= 4 is 34.8 Å². The van der Waals surface area contributed by atoms with Crippen molar-refractivity contribution < 1.29 is 0 Å². The van der Waals surface area contributed by atoms with Crippen LogP contribution in [0.5, 0.6) is 0 Å². The van der Waals surface area contributed by atoms with Gasteiger partial charge in [0.05, 0.1) is 0 Å². The van der Waals surface area contributed by atoms with E-state index in [1.54, 1.807) is 0 Å². The Bertz CT molecular complexity index is 153. The highest BCUT2D eigenvalue weighted by atomic mass is 35.5. The molecule has 10 heavy (non-hydrogen) atoms. The largest absolute Gasteiger partial charge is 0.348 e. The zero-order valence-electron chi connectivity index (χ0n) is 5.07. The number of hydrogen-bond donors (Lipinski definition) is 2. The van der Waals surface area contributed by atoms with Gasteiger partial charge in [0.15, 0.2) is 5.62 Å². The van der Waals surface area contributed by atoms with Gasteiger partial charge in [-0.25, -0.2) is 0 Å². The molecule has 0 aromatic carbocycles. The van der Waals surface area contributed by atoms with Gasteiger partial charge in [-0.2, -0.15) is 0 Å². The highest BCUT2D eigenvalue weighted by Gasteiger charge is 1.95. The summed E-state index contributed by atoms with van der Waals surface area (Å²) in [5.74, 6) is 0. The normalized spacial score (nSPS) is 14.6. The Kier molecular flexibility index (Phi) is 4.91. The smallest absolute Gasteiger partial charge is 0.153 e. The van der Waals surface area contributed by atoms with Crippen LogP contribution >= 0.6 is 34.8 Å². The second-order valence-corrected chi connectivity index (χ2v) is 2.85. The van der Waals surface area contributed by atoms with Crippen molar-refractivity contribution in [2.45, 2.75) is 5.62 Å². The lowest BCUT2D eigenvalue weighted by Crippen LogP contribution is -2.29. The topological polar surface area (TPSA) is 38.0 Å². The third-order valence-electron chi connectivity index (χ3n) is 0.559. The van der Waals surface area contributed by atoms with E-state index in [4.69, 9.17) is 40.5 Å². The first kappa shape index (κ1) is 10.1. The number of rotatable bonds is 3. The van der Waals surface area contributed by atoms with E-state index in [1.165, 1.54) is 6.08 Å². The fourth-order valence-corrected chi connectivity index (χ4v) is 0.899. The lowest BCUT2D eigenvalue weighted by molar-refractivity contribution is 0.795. The molecule has 3 N–H and O–H groups in total. The van der Waals surface area contributed by atoms with Gasteiger partial charge in [-0.1, -0.05) is 41.4 Å². The third-order valence-corrected chi connectivity index (χ3v) is 0.996. The number of alkyl halides is 1. The summed E-state index contributed by atoms with van der Waals surface area (Å²) in [6, 6.07) is 0. The second kappa shape index (κ2) is 4.85. The number of nitrogens with two attached hydrogens (primary N) is 1. The molecule has 2 nitrogen and oxygen atoms in total. The van der Waals surface area contributed by atoms with Crippen LogP contribution in [-0.4, -0.2) is 5.62 Å². The Morgan fingerprint density at radius 3 is 2.40 bits per heavy atom. The van der Waals surface area contributed by atoms with Crippen LogP contribution in [0.2, 0.25) is 0 Å². The first-order valence-electron chi connectivity index (χ1n) is 2.40. The maximum Gasteiger partial charge on any atom is 0.153 e. The van der Waals surface area contributed by atoms with E-state index in [0.717, 1.165) is 0 Å². The molecule has 0 aliphatic carbocycles. The molecule has 0 heterocycles. The summed E-state index contributed by atoms with van der Waals surface area (Å²) < 4.78 is 0. The molecule has 0 radical (unpaired) electrons. The summed E-state index contributed by atoms with van der Waals surface area (Å²) in [7, 11) is 0. The summed E-state index contributed by atoms with van der Waals surface area (Å²) >= 11 is 16.2. The summed E-state index contributed by atoms with van der Waals surface area (Å²) in [5, 5.41) is 3.08. The molecule has 0 aliphatic heterocycles. The van der Waals surface area contributed by atoms with Crippen molar-refractivity contribution in [1.29, 1.82) is 0 Å². The minimum absolute atomic E-state index is 0.266. The number of allylic oxidation sites excluding steroid dienone is 2. The quantitative estimate of drug-likeness (QED) is 0.317. The van der Waals surface area contributed by atoms with Gasteiger partial charge in [0.1, 0.15) is 5.16 Å². The number of nitrogens with one attached hydrogen (secondary N) is 1. The van der Waals surface area contributed by atoms with E-state index in [1.807, 2.05) is 0 Å². The van der Waals surface area contributed by atoms with E-state index < -0.39 is 5.62 Å². The predicted molar refractivity (Wildman–Crippen MR) is 45.9 cm³/mol. The van der Waals surface area contributed by atoms with Crippen LogP contribution in [0, 0.1) is 0 Å². The van der Waals surface area contributed by atoms with Gasteiger partial charge in [-0.15, -0.1) is 0 Å². The molecule has 0 aliphatic rings. The van der Waals surface area contributed by atoms with Crippen molar-refractivity contribution in [3.8, 4) is 0 Å². The van der Waals surface area contributed by atoms with Crippen molar-refractivity contribution in [2.75, 3.05) is 0 Å². The monoisotopic (exact) mass is 200 g/mol. The fraction of sp³-hybridized carbons (Fsp3) is 0.200. The van der Waals surface area contributed by atoms with Gasteiger partial charge in [0.25, 0.3) is 0 Å². The van der Waals surface area contributed by atoms with Gasteiger partial charge < -0.3 is 5.32 Å². The predicted octanol–water partition coefficient (Wildman–Crippen LogP) is 1.89. The maximum absolute atomic E-state index is 5.51. The molecule has 1 atom stereocenters. The molecule has 0 aromatic rings. The van der Waals surface area contributed by atoms with Gasteiger partial charge in [0, 0.05) is 5.03 Å². The van der Waals surface area contributed by atoms with E-state index in [2.05, 4.69) is 11.9 Å². The van der Waals surface area contributed by atoms with Gasteiger partial charge in [0.2, 0.25) is 0 Å². The van der Waals surface area contributed by atoms with Crippen molar-refractivity contribution in [1.82, 2.24) is 5.32 Å². The second-order valence-electron chi connectivity index (χ2n) is 1.49. The van der Waals surface area contributed by atoms with Crippen LogP contribution in [-0.2, 0) is 0 Å². The highest BCUT2D eigenvalue weighted by molar-refractivity contribution is 6.34. The standard InChI is InChI=1S/C5H7Cl3N2/c1-3(6)2-4(7)10-5(8)9/h2,5,10H,1,9H2/b4-2-. The van der Waals surface area contributed by atoms with Crippen LogP contribution in [0.3, 0.4) is 0 Å². The Morgan fingerprint density at radius 1 is 1.60 bits per heavy atom. The summed E-state index contributed by atoms with van der Waals surface area (Å²) in [6.45, 7) is 3.38. The first-order valence-corrected chi connectivity index (χ1v) is 3.59. The molecule has 1 unspecified atom stereocenters. The molecule has 5 heteroatoms. The van der Waals surface area contributed by atoms with E-state index >= 15 is 0 Å². The first-order chi connectivity index (χ1) is 4.52. The number of halogens is 3. The van der Waals surface area contributed by atoms with Crippen molar-refractivity contribution in [3.05, 3.63) is 22.8 Å². The number of hydrogen-bond acceptors (Lipinski definition) is 2. The van der Waals surface area contributed by atoms with Crippen LogP contribution in [0.4, 0.5) is 0 Å². The van der Waals surface area contributed by atoms with Crippen molar-refractivity contribution in [3.63, 3.8) is 0 Å². The minimum Gasteiger partial charge on any atom is -0.348 e. The average Bonchev–Trinajstić information content (AvgIpc) is 1.58. The lowest BCUT2D eigenvalue weighted by Gasteiger charge is -2.04. The van der Waals surface area contributed by atoms with E-state index in [9.17, 15) is 0 Å². The van der Waals surface area contributed by atoms with E-state index in [0.29, 0.717) is 5.03 Å². The highest BCUT2D eigenvalue weighted by Crippen LogP contribution is 2.06.